The first-order valence-corrected chi connectivity index (χ1v) is 12.5. The summed E-state index contributed by atoms with van der Waals surface area (Å²) >= 11 is 0. The van der Waals surface area contributed by atoms with E-state index in [0.717, 1.165) is 0 Å². The van der Waals surface area contributed by atoms with Gasteiger partial charge in [-0.15, -0.1) is 10.2 Å². The molecular formula is C21H21F5N4O4S. The Labute approximate surface area is 196 Å². The van der Waals surface area contributed by atoms with Gasteiger partial charge in [-0.3, -0.25) is 4.79 Å². The first-order chi connectivity index (χ1) is 16.4. The zero-order valence-electron chi connectivity index (χ0n) is 18.2. The highest BCUT2D eigenvalue weighted by Crippen LogP contribution is 2.58. The minimum atomic E-state index is -4.66. The van der Waals surface area contributed by atoms with Crippen LogP contribution in [-0.4, -0.2) is 47.1 Å². The van der Waals surface area contributed by atoms with E-state index in [-0.39, 0.29) is 35.7 Å². The Morgan fingerprint density at radius 1 is 1.17 bits per heavy atom. The van der Waals surface area contributed by atoms with Crippen molar-refractivity contribution in [3.05, 3.63) is 29.7 Å². The Balaban J connectivity index is 1.40. The van der Waals surface area contributed by atoms with Crippen LogP contribution in [0.1, 0.15) is 56.4 Å². The molecule has 5 rings (SSSR count). The van der Waals surface area contributed by atoms with Gasteiger partial charge in [-0.25, -0.2) is 8.42 Å². The molecule has 3 aliphatic rings. The minimum Gasteiger partial charge on any atom is -0.415 e. The normalized spacial score (nSPS) is 25.4. The summed E-state index contributed by atoms with van der Waals surface area (Å²) in [5, 5.41) is 9.28. The molecule has 2 saturated carbocycles. The number of nitrogens with zero attached hydrogens (tertiary/aromatic N) is 3. The molecule has 0 unspecified atom stereocenters. The van der Waals surface area contributed by atoms with Crippen LogP contribution in [0, 0.1) is 5.41 Å². The molecule has 190 valence electrons. The lowest BCUT2D eigenvalue weighted by molar-refractivity contribution is -0.192. The van der Waals surface area contributed by atoms with Gasteiger partial charge in [0.25, 0.3) is 5.89 Å². The highest BCUT2D eigenvalue weighted by molar-refractivity contribution is 7.89. The fourth-order valence-corrected chi connectivity index (χ4v) is 6.78. The lowest BCUT2D eigenvalue weighted by Gasteiger charge is -2.38. The summed E-state index contributed by atoms with van der Waals surface area (Å²) in [6.45, 7) is -0.0223. The molecule has 1 amide bonds. The predicted octanol–water partition coefficient (Wildman–Crippen LogP) is 3.95. The van der Waals surface area contributed by atoms with Gasteiger partial charge < -0.3 is 9.73 Å². The molecule has 2 aromatic rings. The second kappa shape index (κ2) is 8.22. The van der Waals surface area contributed by atoms with Crippen molar-refractivity contribution in [3.63, 3.8) is 0 Å². The minimum absolute atomic E-state index is 0.0223. The summed E-state index contributed by atoms with van der Waals surface area (Å²) in [7, 11) is -4.08. The molecule has 2 fully saturated rings. The van der Waals surface area contributed by atoms with Crippen molar-refractivity contribution in [1.29, 1.82) is 0 Å². The third kappa shape index (κ3) is 3.99. The smallest absolute Gasteiger partial charge is 0.403 e. The molecule has 35 heavy (non-hydrogen) atoms. The maximum absolute atomic E-state index is 13.4. The molecule has 0 saturated heterocycles. The first-order valence-electron chi connectivity index (χ1n) is 11.1. The van der Waals surface area contributed by atoms with Crippen molar-refractivity contribution in [3.8, 4) is 11.5 Å². The molecule has 2 heterocycles. The van der Waals surface area contributed by atoms with Crippen LogP contribution in [0.2, 0.25) is 0 Å². The van der Waals surface area contributed by atoms with Gasteiger partial charge in [0.05, 0.1) is 4.90 Å². The van der Waals surface area contributed by atoms with Gasteiger partial charge in [0.1, 0.15) is 5.41 Å². The molecule has 0 bridgehead atoms. The number of alkyl halides is 5. The van der Waals surface area contributed by atoms with E-state index in [4.69, 9.17) is 4.42 Å². The maximum Gasteiger partial charge on any atom is 0.403 e. The summed E-state index contributed by atoms with van der Waals surface area (Å²) in [4.78, 5) is 12.5. The average molecular weight is 520 g/mol. The quantitative estimate of drug-likeness (QED) is 0.599. The number of aromatic nitrogens is 2. The van der Waals surface area contributed by atoms with Gasteiger partial charge in [-0.05, 0) is 43.4 Å². The monoisotopic (exact) mass is 520 g/mol. The zero-order valence-corrected chi connectivity index (χ0v) is 19.0. The number of carbonyl (C=O) groups excluding carboxylic acids is 1. The summed E-state index contributed by atoms with van der Waals surface area (Å²) in [6, 6.07) is 2.76. The van der Waals surface area contributed by atoms with E-state index >= 15 is 0 Å². The number of rotatable bonds is 5. The number of nitrogens with one attached hydrogen (secondary N) is 1. The van der Waals surface area contributed by atoms with Crippen LogP contribution >= 0.6 is 0 Å². The Kier molecular flexibility index (Phi) is 5.66. The number of amides is 1. The number of hydrogen-bond donors (Lipinski definition) is 1. The molecule has 1 aromatic carbocycles. The van der Waals surface area contributed by atoms with Crippen molar-refractivity contribution in [2.24, 2.45) is 5.41 Å². The summed E-state index contributed by atoms with van der Waals surface area (Å²) in [5.41, 5.74) is -1.81. The molecule has 1 aromatic heterocycles. The van der Waals surface area contributed by atoms with E-state index in [1.165, 1.54) is 22.5 Å². The Bertz CT molecular complexity index is 1260. The number of carbonyl (C=O) groups is 1. The van der Waals surface area contributed by atoms with Crippen molar-refractivity contribution in [2.45, 2.75) is 74.7 Å². The van der Waals surface area contributed by atoms with Crippen molar-refractivity contribution in [1.82, 2.24) is 19.8 Å². The number of fused-ring (bicyclic) bond motifs is 1. The van der Waals surface area contributed by atoms with E-state index in [0.29, 0.717) is 31.2 Å². The highest BCUT2D eigenvalue weighted by Gasteiger charge is 2.68. The van der Waals surface area contributed by atoms with Gasteiger partial charge in [0.15, 0.2) is 0 Å². The Morgan fingerprint density at radius 2 is 1.89 bits per heavy atom. The molecule has 2 atom stereocenters. The molecule has 1 aliphatic heterocycles. The molecule has 8 nitrogen and oxygen atoms in total. The second-order valence-corrected chi connectivity index (χ2v) is 11.0. The third-order valence-electron chi connectivity index (χ3n) is 7.00. The second-order valence-electron chi connectivity index (χ2n) is 9.13. The lowest BCUT2D eigenvalue weighted by atomic mass is 9.89. The molecule has 0 radical (unpaired) electrons. The largest absolute Gasteiger partial charge is 0.415 e. The number of halogens is 5. The van der Waals surface area contributed by atoms with E-state index in [1.807, 2.05) is 0 Å². The highest BCUT2D eigenvalue weighted by atomic mass is 32.2. The van der Waals surface area contributed by atoms with Crippen LogP contribution in [0.3, 0.4) is 0 Å². The third-order valence-corrected chi connectivity index (χ3v) is 8.95. The maximum atomic E-state index is 13.4. The van der Waals surface area contributed by atoms with Crippen LogP contribution in [0.5, 0.6) is 0 Å². The Hall–Kier alpha value is -2.61. The lowest BCUT2D eigenvalue weighted by Crippen LogP contribution is -2.56. The Morgan fingerprint density at radius 3 is 2.51 bits per heavy atom. The summed E-state index contributed by atoms with van der Waals surface area (Å²) in [5.74, 6) is -2.26. The molecule has 2 aliphatic carbocycles. The zero-order chi connectivity index (χ0) is 25.2. The summed E-state index contributed by atoms with van der Waals surface area (Å²) in [6.07, 6.45) is -6.15. The van der Waals surface area contributed by atoms with Crippen LogP contribution < -0.4 is 5.32 Å². The number of hydrogen-bond acceptors (Lipinski definition) is 6. The van der Waals surface area contributed by atoms with Crippen molar-refractivity contribution in [2.75, 3.05) is 0 Å². The van der Waals surface area contributed by atoms with Crippen molar-refractivity contribution < 1.29 is 39.6 Å². The van der Waals surface area contributed by atoms with Gasteiger partial charge in [0, 0.05) is 24.2 Å². The van der Waals surface area contributed by atoms with Gasteiger partial charge in [0.2, 0.25) is 21.8 Å². The molecule has 14 heteroatoms. The molecule has 1 N–H and O–H groups in total. The van der Waals surface area contributed by atoms with Crippen LogP contribution in [0.4, 0.5) is 22.0 Å². The van der Waals surface area contributed by atoms with Gasteiger partial charge >= 0.3 is 12.6 Å². The van der Waals surface area contributed by atoms with Crippen molar-refractivity contribution >= 4 is 15.9 Å². The predicted molar refractivity (Wildman–Crippen MR) is 109 cm³/mol. The fourth-order valence-electron chi connectivity index (χ4n) is 4.87. The first kappa shape index (κ1) is 24.1. The number of benzene rings is 1. The topological polar surface area (TPSA) is 105 Å². The number of sulfonamides is 1. The van der Waals surface area contributed by atoms with Crippen LogP contribution in [0.15, 0.2) is 27.5 Å². The fraction of sp³-hybridized carbons (Fsp3) is 0.571. The van der Waals surface area contributed by atoms with Gasteiger partial charge in [-0.1, -0.05) is 18.9 Å². The van der Waals surface area contributed by atoms with E-state index < -0.39 is 51.9 Å². The SMILES string of the molecule is O=C(N[C@@H]1CCCC[C@H]1N1Cc2ccc(-c3nnc(C(F)F)o3)cc2S1(=O)=O)C1(C(F)(F)F)CC1. The van der Waals surface area contributed by atoms with Gasteiger partial charge in [-0.2, -0.15) is 26.3 Å². The van der Waals surface area contributed by atoms with E-state index in [1.54, 1.807) is 0 Å². The van der Waals surface area contributed by atoms with Crippen LogP contribution in [-0.2, 0) is 21.4 Å². The average Bonchev–Trinajstić information content (AvgIpc) is 3.41. The van der Waals surface area contributed by atoms with E-state index in [2.05, 4.69) is 15.5 Å². The van der Waals surface area contributed by atoms with Crippen LogP contribution in [0.25, 0.3) is 11.5 Å². The molecular weight excluding hydrogens is 499 g/mol. The summed E-state index contributed by atoms with van der Waals surface area (Å²) < 4.78 is 98.7. The standard InChI is InChI=1S/C21H21F5N4O4S/c22-16(23)18-29-28-17(34-18)11-5-6-12-10-30(35(32,33)15(12)9-11)14-4-2-1-3-13(14)27-19(31)20(7-8-20)21(24,25)26/h5-6,9,13-14,16H,1-4,7-8,10H2,(H,27,31)/t13-,14-/m1/s1. The molecule has 0 spiro atoms. The van der Waals surface area contributed by atoms with E-state index in [9.17, 15) is 35.2 Å².